The molecular formula is C14H17N5O. The Morgan fingerprint density at radius 3 is 2.70 bits per heavy atom. The molecule has 0 saturated heterocycles. The van der Waals surface area contributed by atoms with Gasteiger partial charge in [-0.25, -0.2) is 4.79 Å². The number of aryl methyl sites for hydroxylation is 2. The lowest BCUT2D eigenvalue weighted by molar-refractivity contribution is 0.730. The van der Waals surface area contributed by atoms with Crippen molar-refractivity contribution in [3.05, 3.63) is 45.6 Å². The highest BCUT2D eigenvalue weighted by atomic mass is 16.1. The number of H-pyrrole nitrogens is 2. The zero-order valence-corrected chi connectivity index (χ0v) is 11.7. The van der Waals surface area contributed by atoms with Gasteiger partial charge in [-0.2, -0.15) is 5.10 Å². The van der Waals surface area contributed by atoms with E-state index in [1.54, 1.807) is 0 Å². The maximum atomic E-state index is 11.2. The van der Waals surface area contributed by atoms with E-state index < -0.39 is 0 Å². The van der Waals surface area contributed by atoms with Crippen molar-refractivity contribution in [1.29, 1.82) is 0 Å². The molecule has 1 aromatic carbocycles. The van der Waals surface area contributed by atoms with E-state index in [0.717, 1.165) is 28.1 Å². The first-order valence-electron chi connectivity index (χ1n) is 6.49. The molecule has 3 N–H and O–H groups in total. The molecule has 3 rings (SSSR count). The van der Waals surface area contributed by atoms with Crippen molar-refractivity contribution in [1.82, 2.24) is 19.7 Å². The summed E-state index contributed by atoms with van der Waals surface area (Å²) in [7, 11) is 1.95. The third-order valence-electron chi connectivity index (χ3n) is 3.64. The van der Waals surface area contributed by atoms with Crippen molar-refractivity contribution in [2.45, 2.75) is 20.4 Å². The molecule has 104 valence electrons. The summed E-state index contributed by atoms with van der Waals surface area (Å²) in [5, 5.41) is 7.77. The fourth-order valence-electron chi connectivity index (χ4n) is 2.41. The number of nitrogens with zero attached hydrogens (tertiary/aromatic N) is 2. The van der Waals surface area contributed by atoms with Crippen LogP contribution in [-0.2, 0) is 13.6 Å². The van der Waals surface area contributed by atoms with Gasteiger partial charge in [-0.15, -0.1) is 0 Å². The van der Waals surface area contributed by atoms with Crippen molar-refractivity contribution >= 4 is 16.7 Å². The van der Waals surface area contributed by atoms with E-state index in [4.69, 9.17) is 0 Å². The monoisotopic (exact) mass is 271 g/mol. The van der Waals surface area contributed by atoms with Crippen LogP contribution in [0.15, 0.2) is 23.0 Å². The lowest BCUT2D eigenvalue weighted by atomic mass is 10.2. The Kier molecular flexibility index (Phi) is 2.85. The van der Waals surface area contributed by atoms with Gasteiger partial charge in [0.2, 0.25) is 0 Å². The van der Waals surface area contributed by atoms with Crippen LogP contribution in [0.3, 0.4) is 0 Å². The minimum Gasteiger partial charge on any atom is -0.381 e. The van der Waals surface area contributed by atoms with E-state index >= 15 is 0 Å². The molecule has 0 atom stereocenters. The molecule has 6 nitrogen and oxygen atoms in total. The third-order valence-corrected chi connectivity index (χ3v) is 3.64. The summed E-state index contributed by atoms with van der Waals surface area (Å²) in [4.78, 5) is 16.7. The maximum absolute atomic E-state index is 11.2. The number of aromatic nitrogens is 4. The number of hydrogen-bond acceptors (Lipinski definition) is 3. The van der Waals surface area contributed by atoms with Gasteiger partial charge in [-0.05, 0) is 32.0 Å². The summed E-state index contributed by atoms with van der Waals surface area (Å²) < 4.78 is 1.89. The molecule has 2 heterocycles. The smallest absolute Gasteiger partial charge is 0.323 e. The van der Waals surface area contributed by atoms with Crippen molar-refractivity contribution < 1.29 is 0 Å². The van der Waals surface area contributed by atoms with Crippen LogP contribution in [-0.4, -0.2) is 19.7 Å². The molecule has 0 bridgehead atoms. The molecular weight excluding hydrogens is 254 g/mol. The quantitative estimate of drug-likeness (QED) is 0.680. The minimum absolute atomic E-state index is 0.184. The molecule has 0 unspecified atom stereocenters. The molecule has 0 aliphatic carbocycles. The lowest BCUT2D eigenvalue weighted by Crippen LogP contribution is -2.02. The van der Waals surface area contributed by atoms with Gasteiger partial charge in [0.25, 0.3) is 0 Å². The second-order valence-electron chi connectivity index (χ2n) is 4.97. The van der Waals surface area contributed by atoms with Crippen LogP contribution in [0.25, 0.3) is 11.0 Å². The summed E-state index contributed by atoms with van der Waals surface area (Å²) >= 11 is 0. The topological polar surface area (TPSA) is 78.5 Å². The van der Waals surface area contributed by atoms with Crippen molar-refractivity contribution in [2.24, 2.45) is 7.05 Å². The highest BCUT2D eigenvalue weighted by Crippen LogP contribution is 2.17. The normalized spacial score (nSPS) is 11.2. The third kappa shape index (κ3) is 2.09. The largest absolute Gasteiger partial charge is 0.381 e. The Morgan fingerprint density at radius 1 is 1.25 bits per heavy atom. The van der Waals surface area contributed by atoms with Crippen LogP contribution in [0.5, 0.6) is 0 Å². The zero-order chi connectivity index (χ0) is 14.3. The summed E-state index contributed by atoms with van der Waals surface area (Å²) in [5.74, 6) is 0. The first kappa shape index (κ1) is 12.5. The van der Waals surface area contributed by atoms with Gasteiger partial charge in [0.05, 0.1) is 16.7 Å². The molecule has 0 spiro atoms. The second-order valence-corrected chi connectivity index (χ2v) is 4.97. The van der Waals surface area contributed by atoms with Crippen LogP contribution in [0.4, 0.5) is 5.69 Å². The van der Waals surface area contributed by atoms with Gasteiger partial charge in [-0.3, -0.25) is 4.68 Å². The molecule has 0 amide bonds. The number of rotatable bonds is 3. The lowest BCUT2D eigenvalue weighted by Gasteiger charge is -2.07. The Hall–Kier alpha value is -2.50. The van der Waals surface area contributed by atoms with Crippen molar-refractivity contribution in [2.75, 3.05) is 5.32 Å². The molecule has 3 aromatic rings. The number of hydrogen-bond donors (Lipinski definition) is 3. The highest BCUT2D eigenvalue weighted by Gasteiger charge is 2.09. The van der Waals surface area contributed by atoms with Gasteiger partial charge in [-0.1, -0.05) is 0 Å². The van der Waals surface area contributed by atoms with Crippen LogP contribution in [0.2, 0.25) is 0 Å². The van der Waals surface area contributed by atoms with Gasteiger partial charge in [0, 0.05) is 30.5 Å². The molecule has 0 fully saturated rings. The predicted octanol–water partition coefficient (Wildman–Crippen LogP) is 1.82. The maximum Gasteiger partial charge on any atom is 0.323 e. The van der Waals surface area contributed by atoms with E-state index in [2.05, 4.69) is 27.3 Å². The zero-order valence-electron chi connectivity index (χ0n) is 11.7. The number of imidazole rings is 1. The number of anilines is 1. The Bertz CT molecular complexity index is 824. The van der Waals surface area contributed by atoms with Crippen LogP contribution in [0.1, 0.15) is 17.0 Å². The first-order chi connectivity index (χ1) is 9.54. The van der Waals surface area contributed by atoms with Gasteiger partial charge >= 0.3 is 5.69 Å². The van der Waals surface area contributed by atoms with Gasteiger partial charge in [0.1, 0.15) is 0 Å². The predicted molar refractivity (Wildman–Crippen MR) is 78.9 cm³/mol. The molecule has 2 aromatic heterocycles. The van der Waals surface area contributed by atoms with Crippen LogP contribution in [0, 0.1) is 13.8 Å². The number of aromatic amines is 2. The van der Waals surface area contributed by atoms with Gasteiger partial charge in [0.15, 0.2) is 0 Å². The number of nitrogens with one attached hydrogen (secondary N) is 3. The standard InChI is InChI=1S/C14H17N5O/c1-8-11(9(2)19(3)18-8)7-15-10-4-5-12-13(6-10)17-14(20)16-12/h4-6,15H,7H2,1-3H3,(H2,16,17,20). The highest BCUT2D eigenvalue weighted by molar-refractivity contribution is 5.78. The first-order valence-corrected chi connectivity index (χ1v) is 6.49. The SMILES string of the molecule is Cc1nn(C)c(C)c1CNc1ccc2[nH]c(=O)[nH]c2c1. The molecule has 0 aliphatic rings. The average molecular weight is 271 g/mol. The molecule has 0 saturated carbocycles. The minimum atomic E-state index is -0.184. The summed E-state index contributed by atoms with van der Waals surface area (Å²) in [6.45, 7) is 4.78. The fourth-order valence-corrected chi connectivity index (χ4v) is 2.41. The van der Waals surface area contributed by atoms with Crippen LogP contribution >= 0.6 is 0 Å². The second kappa shape index (κ2) is 4.56. The van der Waals surface area contributed by atoms with Crippen molar-refractivity contribution in [3.63, 3.8) is 0 Å². The Labute approximate surface area is 115 Å². The fraction of sp³-hybridized carbons (Fsp3) is 0.286. The Morgan fingerprint density at radius 2 is 2.00 bits per heavy atom. The Balaban J connectivity index is 1.84. The van der Waals surface area contributed by atoms with Gasteiger partial charge < -0.3 is 15.3 Å². The summed E-state index contributed by atoms with van der Waals surface area (Å²) in [5.41, 5.74) is 5.80. The van der Waals surface area contributed by atoms with Crippen LogP contribution < -0.4 is 11.0 Å². The van der Waals surface area contributed by atoms with E-state index in [1.165, 1.54) is 5.56 Å². The summed E-state index contributed by atoms with van der Waals surface area (Å²) in [6.07, 6.45) is 0. The number of benzene rings is 1. The van der Waals surface area contributed by atoms with E-state index in [1.807, 2.05) is 36.9 Å². The van der Waals surface area contributed by atoms with E-state index in [9.17, 15) is 4.79 Å². The van der Waals surface area contributed by atoms with E-state index in [-0.39, 0.29) is 5.69 Å². The average Bonchev–Trinajstić information content (AvgIpc) is 2.87. The molecule has 0 aliphatic heterocycles. The molecule has 20 heavy (non-hydrogen) atoms. The summed E-state index contributed by atoms with van der Waals surface area (Å²) in [6, 6.07) is 5.76. The molecule has 0 radical (unpaired) electrons. The molecule has 6 heteroatoms. The number of fused-ring (bicyclic) bond motifs is 1. The van der Waals surface area contributed by atoms with Crippen molar-refractivity contribution in [3.8, 4) is 0 Å². The van der Waals surface area contributed by atoms with E-state index in [0.29, 0.717) is 6.54 Å².